The molecule has 0 bridgehead atoms. The molecule has 0 spiro atoms. The Morgan fingerprint density at radius 3 is 2.21 bits per heavy atom. The minimum absolute atomic E-state index is 0.0589. The van der Waals surface area contributed by atoms with Crippen molar-refractivity contribution in [1.82, 2.24) is 4.90 Å². The highest BCUT2D eigenvalue weighted by atomic mass is 16.6. The molecule has 7 heteroatoms. The van der Waals surface area contributed by atoms with E-state index in [0.717, 1.165) is 5.56 Å². The van der Waals surface area contributed by atoms with Gasteiger partial charge >= 0.3 is 18.0 Å². The van der Waals surface area contributed by atoms with Crippen molar-refractivity contribution in [3.63, 3.8) is 0 Å². The number of nitrogens with zero attached hydrogens (tertiary/aromatic N) is 1. The van der Waals surface area contributed by atoms with Crippen LogP contribution in [0.15, 0.2) is 30.3 Å². The van der Waals surface area contributed by atoms with E-state index < -0.39 is 29.0 Å². The number of piperidine rings is 1. The molecule has 0 saturated carbocycles. The Morgan fingerprint density at radius 2 is 1.66 bits per heavy atom. The maximum atomic E-state index is 13.0. The third-order valence-corrected chi connectivity index (χ3v) is 4.81. The number of carbonyl (C=O) groups excluding carboxylic acids is 3. The summed E-state index contributed by atoms with van der Waals surface area (Å²) in [4.78, 5) is 39.0. The van der Waals surface area contributed by atoms with E-state index in [0.29, 0.717) is 25.9 Å². The molecule has 1 amide bonds. The molecule has 0 aromatic heterocycles. The lowest BCUT2D eigenvalue weighted by Gasteiger charge is -2.39. The zero-order chi connectivity index (χ0) is 21.5. The second-order valence-corrected chi connectivity index (χ2v) is 8.29. The van der Waals surface area contributed by atoms with Crippen LogP contribution in [0.5, 0.6) is 0 Å². The predicted octanol–water partition coefficient (Wildman–Crippen LogP) is 3.70. The highest BCUT2D eigenvalue weighted by Crippen LogP contribution is 2.37. The van der Waals surface area contributed by atoms with Crippen LogP contribution in [-0.4, -0.2) is 48.2 Å². The summed E-state index contributed by atoms with van der Waals surface area (Å²) < 4.78 is 16.0. The molecule has 0 aliphatic carbocycles. The van der Waals surface area contributed by atoms with E-state index in [1.807, 2.05) is 30.3 Å². The number of ether oxygens (including phenoxy) is 3. The third kappa shape index (κ3) is 6.76. The second-order valence-electron chi connectivity index (χ2n) is 8.29. The van der Waals surface area contributed by atoms with Gasteiger partial charge in [0.1, 0.15) is 12.2 Å². The Labute approximate surface area is 172 Å². The average molecular weight is 405 g/mol. The summed E-state index contributed by atoms with van der Waals surface area (Å²) in [5, 5.41) is 0. The third-order valence-electron chi connectivity index (χ3n) is 4.81. The van der Waals surface area contributed by atoms with Crippen LogP contribution in [0, 0.1) is 5.41 Å². The predicted molar refractivity (Wildman–Crippen MR) is 107 cm³/mol. The molecule has 1 heterocycles. The summed E-state index contributed by atoms with van der Waals surface area (Å²) in [7, 11) is 0. The first kappa shape index (κ1) is 22.7. The van der Waals surface area contributed by atoms with Gasteiger partial charge in [-0.15, -0.1) is 0 Å². The summed E-state index contributed by atoms with van der Waals surface area (Å²) in [5.41, 5.74) is -0.719. The standard InChI is InChI=1S/C22H31NO6/c1-5-27-18(24)15-22(19(25)28-16-17-9-7-6-8-10-17)11-13-23(14-12-22)20(26)29-21(2,3)4/h6-10H,5,11-16H2,1-4H3. The van der Waals surface area contributed by atoms with Gasteiger partial charge < -0.3 is 19.1 Å². The van der Waals surface area contributed by atoms with Crippen LogP contribution in [0.25, 0.3) is 0 Å². The van der Waals surface area contributed by atoms with Gasteiger partial charge in [-0.3, -0.25) is 9.59 Å². The fourth-order valence-corrected chi connectivity index (χ4v) is 3.26. The molecule has 0 unspecified atom stereocenters. The Hall–Kier alpha value is -2.57. The van der Waals surface area contributed by atoms with Crippen molar-refractivity contribution in [3.05, 3.63) is 35.9 Å². The minimum atomic E-state index is -1.00. The Balaban J connectivity index is 2.06. The van der Waals surface area contributed by atoms with Gasteiger partial charge in [0.15, 0.2) is 0 Å². The zero-order valence-electron chi connectivity index (χ0n) is 17.7. The van der Waals surface area contributed by atoms with Gasteiger partial charge in [0.25, 0.3) is 0 Å². The van der Waals surface area contributed by atoms with Gasteiger partial charge in [0.05, 0.1) is 18.4 Å². The molecule has 0 atom stereocenters. The Kier molecular flexibility index (Phi) is 7.65. The number of amides is 1. The molecular formula is C22H31NO6. The molecule has 7 nitrogen and oxygen atoms in total. The molecule has 1 aromatic carbocycles. The maximum Gasteiger partial charge on any atom is 0.410 e. The van der Waals surface area contributed by atoms with Gasteiger partial charge in [-0.05, 0) is 46.1 Å². The smallest absolute Gasteiger partial charge is 0.410 e. The number of esters is 2. The van der Waals surface area contributed by atoms with Gasteiger partial charge in [-0.2, -0.15) is 0 Å². The van der Waals surface area contributed by atoms with Crippen LogP contribution in [0.2, 0.25) is 0 Å². The number of benzene rings is 1. The summed E-state index contributed by atoms with van der Waals surface area (Å²) in [5.74, 6) is -0.867. The Bertz CT molecular complexity index is 702. The first-order chi connectivity index (χ1) is 13.6. The lowest BCUT2D eigenvalue weighted by Crippen LogP contribution is -2.49. The molecule has 0 radical (unpaired) electrons. The second kappa shape index (κ2) is 9.76. The van der Waals surface area contributed by atoms with E-state index in [2.05, 4.69) is 0 Å². The number of hydrogen-bond acceptors (Lipinski definition) is 6. The van der Waals surface area contributed by atoms with Crippen molar-refractivity contribution in [3.8, 4) is 0 Å². The van der Waals surface area contributed by atoms with Crippen molar-refractivity contribution in [2.75, 3.05) is 19.7 Å². The highest BCUT2D eigenvalue weighted by molar-refractivity contribution is 5.84. The first-order valence-corrected chi connectivity index (χ1v) is 10.00. The SMILES string of the molecule is CCOC(=O)CC1(C(=O)OCc2ccccc2)CCN(C(=O)OC(C)(C)C)CC1. The highest BCUT2D eigenvalue weighted by Gasteiger charge is 2.46. The van der Waals surface area contributed by atoms with Crippen molar-refractivity contribution in [1.29, 1.82) is 0 Å². The van der Waals surface area contributed by atoms with E-state index >= 15 is 0 Å². The molecular weight excluding hydrogens is 374 g/mol. The number of hydrogen-bond donors (Lipinski definition) is 0. The summed E-state index contributed by atoms with van der Waals surface area (Å²) in [6, 6.07) is 9.38. The fourth-order valence-electron chi connectivity index (χ4n) is 3.26. The van der Waals surface area contributed by atoms with Crippen LogP contribution in [-0.2, 0) is 30.4 Å². The fraction of sp³-hybridized carbons (Fsp3) is 0.591. The molecule has 1 aliphatic rings. The van der Waals surface area contributed by atoms with Crippen LogP contribution in [0.3, 0.4) is 0 Å². The van der Waals surface area contributed by atoms with Gasteiger partial charge in [-0.1, -0.05) is 30.3 Å². The van der Waals surface area contributed by atoms with E-state index in [4.69, 9.17) is 14.2 Å². The number of carbonyl (C=O) groups is 3. The molecule has 1 aliphatic heterocycles. The van der Waals surface area contributed by atoms with E-state index in [1.54, 1.807) is 32.6 Å². The van der Waals surface area contributed by atoms with Crippen LogP contribution in [0.4, 0.5) is 4.79 Å². The zero-order valence-corrected chi connectivity index (χ0v) is 17.7. The van der Waals surface area contributed by atoms with E-state index in [1.165, 1.54) is 0 Å². The van der Waals surface area contributed by atoms with Gasteiger partial charge in [0, 0.05) is 13.1 Å². The van der Waals surface area contributed by atoms with E-state index in [9.17, 15) is 14.4 Å². The topological polar surface area (TPSA) is 82.1 Å². The van der Waals surface area contributed by atoms with Gasteiger partial charge in [-0.25, -0.2) is 4.79 Å². The molecule has 1 saturated heterocycles. The van der Waals surface area contributed by atoms with Crippen molar-refractivity contribution >= 4 is 18.0 Å². The van der Waals surface area contributed by atoms with Gasteiger partial charge in [0.2, 0.25) is 0 Å². The summed E-state index contributed by atoms with van der Waals surface area (Å²) in [6.45, 7) is 8.16. The van der Waals surface area contributed by atoms with Crippen molar-refractivity contribution in [2.45, 2.75) is 59.2 Å². The number of likely N-dealkylation sites (tertiary alicyclic amines) is 1. The monoisotopic (exact) mass is 405 g/mol. The lowest BCUT2D eigenvalue weighted by molar-refractivity contribution is -0.167. The summed E-state index contributed by atoms with van der Waals surface area (Å²) >= 11 is 0. The summed E-state index contributed by atoms with van der Waals surface area (Å²) in [6.07, 6.45) is 0.161. The van der Waals surface area contributed by atoms with Crippen LogP contribution in [0.1, 0.15) is 52.5 Å². The normalized spacial score (nSPS) is 16.1. The molecule has 160 valence electrons. The van der Waals surface area contributed by atoms with Crippen LogP contribution < -0.4 is 0 Å². The largest absolute Gasteiger partial charge is 0.466 e. The van der Waals surface area contributed by atoms with E-state index in [-0.39, 0.29) is 19.6 Å². The maximum absolute atomic E-state index is 13.0. The van der Waals surface area contributed by atoms with Crippen molar-refractivity contribution in [2.24, 2.45) is 5.41 Å². The molecule has 1 fully saturated rings. The number of rotatable bonds is 6. The minimum Gasteiger partial charge on any atom is -0.466 e. The quantitative estimate of drug-likeness (QED) is 0.530. The molecule has 1 aromatic rings. The van der Waals surface area contributed by atoms with Crippen molar-refractivity contribution < 1.29 is 28.6 Å². The Morgan fingerprint density at radius 1 is 1.03 bits per heavy atom. The molecule has 0 N–H and O–H groups in total. The lowest BCUT2D eigenvalue weighted by atomic mass is 9.75. The average Bonchev–Trinajstić information content (AvgIpc) is 2.66. The van der Waals surface area contributed by atoms with Crippen LogP contribution >= 0.6 is 0 Å². The molecule has 29 heavy (non-hydrogen) atoms. The molecule has 2 rings (SSSR count). The first-order valence-electron chi connectivity index (χ1n) is 10.00.